The van der Waals surface area contributed by atoms with E-state index in [-0.39, 0.29) is 5.56 Å². The first-order valence-corrected chi connectivity index (χ1v) is 9.62. The number of rotatable bonds is 6. The lowest BCUT2D eigenvalue weighted by molar-refractivity contribution is -0.159. The van der Waals surface area contributed by atoms with Crippen LogP contribution in [0.4, 0.5) is 0 Å². The molecule has 0 radical (unpaired) electrons. The summed E-state index contributed by atoms with van der Waals surface area (Å²) < 4.78 is 6.85. The molecule has 0 N–H and O–H groups in total. The summed E-state index contributed by atoms with van der Waals surface area (Å²) in [6, 6.07) is 5.03. The van der Waals surface area contributed by atoms with Gasteiger partial charge < -0.3 is 4.74 Å². The highest BCUT2D eigenvalue weighted by Gasteiger charge is 2.26. The highest BCUT2D eigenvalue weighted by molar-refractivity contribution is 7.99. The van der Waals surface area contributed by atoms with Crippen LogP contribution in [-0.2, 0) is 9.53 Å². The fourth-order valence-corrected chi connectivity index (χ4v) is 3.30. The summed E-state index contributed by atoms with van der Waals surface area (Å²) in [6.07, 6.45) is 2.98. The van der Waals surface area contributed by atoms with E-state index in [1.807, 2.05) is 45.9 Å². The van der Waals surface area contributed by atoms with Crippen molar-refractivity contribution >= 4 is 28.6 Å². The molecule has 1 aromatic carbocycles. The number of carbonyl (C=O) groups excluding carboxylic acids is 1. The number of aromatic nitrogens is 2. The Morgan fingerprint density at radius 2 is 2.04 bits per heavy atom. The highest BCUT2D eigenvalue weighted by atomic mass is 32.2. The zero-order valence-electron chi connectivity index (χ0n) is 15.5. The summed E-state index contributed by atoms with van der Waals surface area (Å²) in [4.78, 5) is 30.8. The van der Waals surface area contributed by atoms with Crippen LogP contribution in [0.5, 0.6) is 0 Å². The maximum atomic E-state index is 12.9. The third-order valence-electron chi connectivity index (χ3n) is 3.63. The van der Waals surface area contributed by atoms with Crippen LogP contribution < -0.4 is 5.56 Å². The lowest BCUT2D eigenvalue weighted by atomic mass is 10.1. The van der Waals surface area contributed by atoms with E-state index in [1.165, 1.54) is 10.9 Å². The fourth-order valence-electron chi connectivity index (χ4n) is 2.49. The van der Waals surface area contributed by atoms with Crippen molar-refractivity contribution in [2.45, 2.75) is 64.0 Å². The van der Waals surface area contributed by atoms with E-state index < -0.39 is 17.6 Å². The molecule has 0 aliphatic carbocycles. The zero-order chi connectivity index (χ0) is 18.6. The zero-order valence-corrected chi connectivity index (χ0v) is 16.4. The molecule has 5 nitrogen and oxygen atoms in total. The van der Waals surface area contributed by atoms with E-state index >= 15 is 0 Å². The van der Waals surface area contributed by atoms with Crippen molar-refractivity contribution in [3.8, 4) is 0 Å². The second-order valence-corrected chi connectivity index (χ2v) is 8.11. The minimum atomic E-state index is -0.671. The largest absolute Gasteiger partial charge is 0.458 e. The van der Waals surface area contributed by atoms with Crippen LogP contribution in [0.3, 0.4) is 0 Å². The molecule has 6 heteroatoms. The smallest absolute Gasteiger partial charge is 0.329 e. The van der Waals surface area contributed by atoms with Crippen LogP contribution >= 0.6 is 11.8 Å². The number of thioether (sulfide) groups is 1. The van der Waals surface area contributed by atoms with Gasteiger partial charge in [-0.3, -0.25) is 9.36 Å². The molecule has 0 saturated carbocycles. The first kappa shape index (κ1) is 19.5. The monoisotopic (exact) mass is 362 g/mol. The normalized spacial score (nSPS) is 13.0. The van der Waals surface area contributed by atoms with Gasteiger partial charge in [0.2, 0.25) is 0 Å². The number of hydrogen-bond donors (Lipinski definition) is 0. The third-order valence-corrected chi connectivity index (χ3v) is 4.83. The summed E-state index contributed by atoms with van der Waals surface area (Å²) in [5.74, 6) is 0.588. The highest BCUT2D eigenvalue weighted by Crippen LogP contribution is 2.23. The topological polar surface area (TPSA) is 61.2 Å². The molecule has 0 aliphatic heterocycles. The number of esters is 1. The average molecular weight is 362 g/mol. The van der Waals surface area contributed by atoms with Gasteiger partial charge in [0.1, 0.15) is 11.6 Å². The van der Waals surface area contributed by atoms with Gasteiger partial charge in [-0.05, 0) is 57.6 Å². The van der Waals surface area contributed by atoms with Gasteiger partial charge in [0.15, 0.2) is 0 Å². The van der Waals surface area contributed by atoms with Crippen LogP contribution in [0.25, 0.3) is 10.9 Å². The molecule has 2 aromatic rings. The first-order chi connectivity index (χ1) is 11.8. The molecule has 2 rings (SSSR count). The number of benzene rings is 1. The summed E-state index contributed by atoms with van der Waals surface area (Å²) in [5.41, 5.74) is -0.162. The van der Waals surface area contributed by atoms with Gasteiger partial charge >= 0.3 is 5.97 Å². The molecule has 1 atom stereocenters. The lowest BCUT2D eigenvalue weighted by Crippen LogP contribution is -2.35. The number of fused-ring (bicyclic) bond motifs is 1. The number of hydrogen-bond acceptors (Lipinski definition) is 5. The van der Waals surface area contributed by atoms with Crippen LogP contribution in [0, 0.1) is 0 Å². The van der Waals surface area contributed by atoms with E-state index in [2.05, 4.69) is 11.9 Å². The van der Waals surface area contributed by atoms with Crippen LogP contribution in [0.15, 0.2) is 34.2 Å². The van der Waals surface area contributed by atoms with Crippen molar-refractivity contribution in [1.29, 1.82) is 0 Å². The van der Waals surface area contributed by atoms with Crippen molar-refractivity contribution in [1.82, 2.24) is 9.55 Å². The second-order valence-electron chi connectivity index (χ2n) is 6.94. The molecule has 0 aliphatic rings. The molecular weight excluding hydrogens is 336 g/mol. The van der Waals surface area contributed by atoms with Crippen molar-refractivity contribution in [3.05, 3.63) is 34.9 Å². The molecule has 1 aromatic heterocycles. The van der Waals surface area contributed by atoms with E-state index in [4.69, 9.17) is 4.74 Å². The van der Waals surface area contributed by atoms with Crippen molar-refractivity contribution in [2.24, 2.45) is 0 Å². The summed E-state index contributed by atoms with van der Waals surface area (Å²) in [7, 11) is 0. The molecule has 0 amide bonds. The quantitative estimate of drug-likeness (QED) is 0.569. The van der Waals surface area contributed by atoms with Gasteiger partial charge in [0, 0.05) is 4.90 Å². The summed E-state index contributed by atoms with van der Waals surface area (Å²) >= 11 is 1.71. The molecule has 0 saturated heterocycles. The summed E-state index contributed by atoms with van der Waals surface area (Å²) in [6.45, 7) is 9.43. The Balaban J connectivity index is 2.44. The van der Waals surface area contributed by atoms with Crippen molar-refractivity contribution in [3.63, 3.8) is 0 Å². The molecular formula is C19H26N2O3S. The Bertz CT molecular complexity index is 808. The summed E-state index contributed by atoms with van der Waals surface area (Å²) in [5, 5.41) is 0.533. The lowest BCUT2D eigenvalue weighted by Gasteiger charge is -2.24. The Hall–Kier alpha value is -1.82. The van der Waals surface area contributed by atoms with E-state index in [0.717, 1.165) is 17.1 Å². The van der Waals surface area contributed by atoms with Gasteiger partial charge in [0.25, 0.3) is 5.56 Å². The van der Waals surface area contributed by atoms with E-state index in [0.29, 0.717) is 17.3 Å². The van der Waals surface area contributed by atoms with Crippen LogP contribution in [0.1, 0.15) is 53.5 Å². The molecule has 0 spiro atoms. The standard InChI is InChI=1S/C19H26N2O3S/c1-6-10-25-13-8-9-15-14(11-13)17(22)21(12-20-15)16(7-2)18(23)24-19(3,4)5/h8-9,11-12,16H,6-7,10H2,1-5H3/t16-/m0/s1. The molecule has 1 heterocycles. The molecule has 136 valence electrons. The molecule has 0 bridgehead atoms. The van der Waals surface area contributed by atoms with Gasteiger partial charge in [0.05, 0.1) is 17.2 Å². The molecule has 25 heavy (non-hydrogen) atoms. The Morgan fingerprint density at radius 3 is 2.64 bits per heavy atom. The Kier molecular flexibility index (Phi) is 6.27. The van der Waals surface area contributed by atoms with Gasteiger partial charge in [-0.15, -0.1) is 11.8 Å². The minimum absolute atomic E-state index is 0.207. The third kappa shape index (κ3) is 4.84. The van der Waals surface area contributed by atoms with Crippen molar-refractivity contribution < 1.29 is 9.53 Å². The molecule has 0 unspecified atom stereocenters. The molecule has 0 fully saturated rings. The SMILES string of the molecule is CCCSc1ccc2ncn([C@@H](CC)C(=O)OC(C)(C)C)c(=O)c2c1. The minimum Gasteiger partial charge on any atom is -0.458 e. The number of carbonyl (C=O) groups is 1. The van der Waals surface area contributed by atoms with Gasteiger partial charge in [-0.1, -0.05) is 13.8 Å². The number of nitrogens with zero attached hydrogens (tertiary/aromatic N) is 2. The first-order valence-electron chi connectivity index (χ1n) is 8.63. The van der Waals surface area contributed by atoms with E-state index in [1.54, 1.807) is 11.8 Å². The maximum Gasteiger partial charge on any atom is 0.329 e. The van der Waals surface area contributed by atoms with Gasteiger partial charge in [-0.25, -0.2) is 9.78 Å². The van der Waals surface area contributed by atoms with Crippen LogP contribution in [-0.4, -0.2) is 26.9 Å². The maximum absolute atomic E-state index is 12.9. The van der Waals surface area contributed by atoms with Crippen molar-refractivity contribution in [2.75, 3.05) is 5.75 Å². The fraction of sp³-hybridized carbons (Fsp3) is 0.526. The van der Waals surface area contributed by atoms with Crippen LogP contribution in [0.2, 0.25) is 0 Å². The predicted octanol–water partition coefficient (Wildman–Crippen LogP) is 4.19. The Morgan fingerprint density at radius 1 is 1.32 bits per heavy atom. The number of ether oxygens (including phenoxy) is 1. The average Bonchev–Trinajstić information content (AvgIpc) is 2.54. The predicted molar refractivity (Wildman–Crippen MR) is 102 cm³/mol. The van der Waals surface area contributed by atoms with E-state index in [9.17, 15) is 9.59 Å². The van der Waals surface area contributed by atoms with Gasteiger partial charge in [-0.2, -0.15) is 0 Å². The second kappa shape index (κ2) is 8.04. The Labute approximate surface area is 152 Å².